The highest BCUT2D eigenvalue weighted by molar-refractivity contribution is 5.97. The maximum Gasteiger partial charge on any atom is 0.263 e. The van der Waals surface area contributed by atoms with E-state index in [2.05, 4.69) is 17.6 Å². The summed E-state index contributed by atoms with van der Waals surface area (Å²) in [7, 11) is 1.62. The third-order valence-corrected chi connectivity index (χ3v) is 7.54. The van der Waals surface area contributed by atoms with Gasteiger partial charge in [0.1, 0.15) is 29.7 Å². The van der Waals surface area contributed by atoms with Gasteiger partial charge in [-0.25, -0.2) is 0 Å². The van der Waals surface area contributed by atoms with Crippen molar-refractivity contribution < 1.29 is 14.3 Å². The molecule has 0 saturated heterocycles. The fourth-order valence-electron chi connectivity index (χ4n) is 6.36. The standard InChI is InChI=1S/C25H33N3O3/c1-17(25-12-18-9-19(13-25)11-20(10-18)14-25)28-24(29)21(15-26)16-27-7-8-31-23-5-3-22(30-2)4-6-23/h3-6,16-20,27H,7-14H2,1-2H3,(H,28,29)/b21-16-. The van der Waals surface area contributed by atoms with E-state index >= 15 is 0 Å². The van der Waals surface area contributed by atoms with E-state index < -0.39 is 0 Å². The number of benzene rings is 1. The van der Waals surface area contributed by atoms with Gasteiger partial charge in [-0.2, -0.15) is 5.26 Å². The van der Waals surface area contributed by atoms with Crippen molar-refractivity contribution in [2.45, 2.75) is 51.5 Å². The van der Waals surface area contributed by atoms with Crippen LogP contribution in [0.3, 0.4) is 0 Å². The second kappa shape index (κ2) is 9.21. The van der Waals surface area contributed by atoms with Crippen LogP contribution in [-0.2, 0) is 4.79 Å². The van der Waals surface area contributed by atoms with Gasteiger partial charge in [-0.1, -0.05) is 0 Å². The Labute approximate surface area is 185 Å². The van der Waals surface area contributed by atoms with E-state index in [-0.39, 0.29) is 22.9 Å². The van der Waals surface area contributed by atoms with Crippen LogP contribution >= 0.6 is 0 Å². The number of amides is 1. The summed E-state index contributed by atoms with van der Waals surface area (Å²) >= 11 is 0. The zero-order chi connectivity index (χ0) is 21.8. The van der Waals surface area contributed by atoms with Crippen molar-refractivity contribution in [1.82, 2.24) is 10.6 Å². The number of nitrogens with zero attached hydrogens (tertiary/aromatic N) is 1. The first-order valence-corrected chi connectivity index (χ1v) is 11.4. The van der Waals surface area contributed by atoms with E-state index in [1.165, 1.54) is 44.7 Å². The van der Waals surface area contributed by atoms with E-state index in [4.69, 9.17) is 9.47 Å². The first kappa shape index (κ1) is 21.5. The molecular weight excluding hydrogens is 390 g/mol. The lowest BCUT2D eigenvalue weighted by Gasteiger charge is -2.59. The van der Waals surface area contributed by atoms with Crippen LogP contribution in [0.15, 0.2) is 36.0 Å². The quantitative estimate of drug-likeness (QED) is 0.359. The van der Waals surface area contributed by atoms with Crippen LogP contribution in [0.4, 0.5) is 0 Å². The smallest absolute Gasteiger partial charge is 0.263 e. The molecule has 0 heterocycles. The van der Waals surface area contributed by atoms with Gasteiger partial charge in [0.2, 0.25) is 0 Å². The molecule has 4 saturated carbocycles. The molecule has 4 aliphatic carbocycles. The summed E-state index contributed by atoms with van der Waals surface area (Å²) < 4.78 is 10.8. The summed E-state index contributed by atoms with van der Waals surface area (Å²) in [5.41, 5.74) is 0.339. The minimum absolute atomic E-state index is 0.101. The normalized spacial score (nSPS) is 29.7. The zero-order valence-electron chi connectivity index (χ0n) is 18.5. The van der Waals surface area contributed by atoms with Crippen LogP contribution in [0.5, 0.6) is 11.5 Å². The van der Waals surface area contributed by atoms with Gasteiger partial charge in [0, 0.05) is 18.8 Å². The molecule has 2 N–H and O–H groups in total. The predicted molar refractivity (Wildman–Crippen MR) is 118 cm³/mol. The van der Waals surface area contributed by atoms with Crippen molar-refractivity contribution in [3.63, 3.8) is 0 Å². The van der Waals surface area contributed by atoms with Crippen LogP contribution in [0, 0.1) is 34.5 Å². The third kappa shape index (κ3) is 4.81. The van der Waals surface area contributed by atoms with Gasteiger partial charge in [-0.15, -0.1) is 0 Å². The summed E-state index contributed by atoms with van der Waals surface area (Å²) in [6.07, 6.45) is 9.33. The fourth-order valence-corrected chi connectivity index (χ4v) is 6.36. The number of ether oxygens (including phenoxy) is 2. The number of rotatable bonds is 9. The van der Waals surface area contributed by atoms with Crippen molar-refractivity contribution in [2.24, 2.45) is 23.2 Å². The molecule has 0 spiro atoms. The molecule has 0 aliphatic heterocycles. The van der Waals surface area contributed by atoms with Crippen molar-refractivity contribution in [3.8, 4) is 17.6 Å². The molecule has 4 bridgehead atoms. The van der Waals surface area contributed by atoms with E-state index in [1.54, 1.807) is 7.11 Å². The summed E-state index contributed by atoms with van der Waals surface area (Å²) in [6.45, 7) is 3.05. The number of carbonyl (C=O) groups is 1. The minimum atomic E-state index is -0.283. The lowest BCUT2D eigenvalue weighted by Crippen LogP contribution is -2.56. The summed E-state index contributed by atoms with van der Waals surface area (Å²) in [6, 6.07) is 9.50. The first-order chi connectivity index (χ1) is 15.0. The van der Waals surface area contributed by atoms with Crippen molar-refractivity contribution >= 4 is 5.91 Å². The van der Waals surface area contributed by atoms with Gasteiger partial charge < -0.3 is 20.1 Å². The van der Waals surface area contributed by atoms with Crippen LogP contribution in [0.25, 0.3) is 0 Å². The van der Waals surface area contributed by atoms with Gasteiger partial charge in [-0.05, 0) is 92.9 Å². The lowest BCUT2D eigenvalue weighted by molar-refractivity contribution is -0.122. The SMILES string of the molecule is COc1ccc(OCCN/C=C(/C#N)C(=O)NC(C)C23CC4CC(CC(C4)C2)C3)cc1. The molecule has 6 heteroatoms. The summed E-state index contributed by atoms with van der Waals surface area (Å²) in [4.78, 5) is 12.7. The molecule has 166 valence electrons. The van der Waals surface area contributed by atoms with Gasteiger partial charge in [0.05, 0.1) is 7.11 Å². The minimum Gasteiger partial charge on any atom is -0.497 e. The Hall–Kier alpha value is -2.68. The number of methoxy groups -OCH3 is 1. The zero-order valence-corrected chi connectivity index (χ0v) is 18.5. The fraction of sp³-hybridized carbons (Fsp3) is 0.600. The Morgan fingerprint density at radius 1 is 1.16 bits per heavy atom. The van der Waals surface area contributed by atoms with Crippen molar-refractivity contribution in [1.29, 1.82) is 5.26 Å². The second-order valence-corrected chi connectivity index (χ2v) is 9.62. The molecule has 5 rings (SSSR count). The second-order valence-electron chi connectivity index (χ2n) is 9.62. The molecule has 6 nitrogen and oxygen atoms in total. The number of hydrogen-bond donors (Lipinski definition) is 2. The molecule has 0 aromatic heterocycles. The molecule has 0 radical (unpaired) electrons. The Morgan fingerprint density at radius 2 is 1.74 bits per heavy atom. The van der Waals surface area contributed by atoms with Crippen LogP contribution < -0.4 is 20.1 Å². The Balaban J connectivity index is 1.25. The molecule has 1 unspecified atom stereocenters. The molecular formula is C25H33N3O3. The Bertz CT molecular complexity index is 820. The highest BCUT2D eigenvalue weighted by Crippen LogP contribution is 2.61. The number of nitrogens with one attached hydrogen (secondary N) is 2. The Morgan fingerprint density at radius 3 is 2.29 bits per heavy atom. The van der Waals surface area contributed by atoms with Crippen molar-refractivity contribution in [3.05, 3.63) is 36.0 Å². The molecule has 4 aliphatic rings. The van der Waals surface area contributed by atoms with E-state index in [0.717, 1.165) is 29.3 Å². The van der Waals surface area contributed by atoms with E-state index in [1.807, 2.05) is 30.3 Å². The van der Waals surface area contributed by atoms with E-state index in [9.17, 15) is 10.1 Å². The average Bonchev–Trinajstić information content (AvgIpc) is 2.75. The number of nitriles is 1. The molecule has 1 aromatic rings. The summed E-state index contributed by atoms with van der Waals surface area (Å²) in [5, 5.41) is 15.6. The van der Waals surface area contributed by atoms with Gasteiger partial charge in [-0.3, -0.25) is 4.79 Å². The van der Waals surface area contributed by atoms with Crippen LogP contribution in [0.2, 0.25) is 0 Å². The molecule has 1 aromatic carbocycles. The summed E-state index contributed by atoms with van der Waals surface area (Å²) in [5.74, 6) is 3.75. The first-order valence-electron chi connectivity index (χ1n) is 11.4. The number of hydrogen-bond acceptors (Lipinski definition) is 5. The maximum absolute atomic E-state index is 12.7. The van der Waals surface area contributed by atoms with Gasteiger partial charge in [0.25, 0.3) is 5.91 Å². The van der Waals surface area contributed by atoms with Crippen molar-refractivity contribution in [2.75, 3.05) is 20.3 Å². The van der Waals surface area contributed by atoms with Gasteiger partial charge in [0.15, 0.2) is 0 Å². The highest BCUT2D eigenvalue weighted by atomic mass is 16.5. The van der Waals surface area contributed by atoms with Crippen LogP contribution in [0.1, 0.15) is 45.4 Å². The molecule has 1 atom stereocenters. The topological polar surface area (TPSA) is 83.4 Å². The van der Waals surface area contributed by atoms with E-state index in [0.29, 0.717) is 13.2 Å². The lowest BCUT2D eigenvalue weighted by atomic mass is 9.48. The predicted octanol–water partition coefficient (Wildman–Crippen LogP) is 3.79. The Kier molecular flexibility index (Phi) is 6.41. The maximum atomic E-state index is 12.7. The largest absolute Gasteiger partial charge is 0.497 e. The monoisotopic (exact) mass is 423 g/mol. The molecule has 1 amide bonds. The highest BCUT2D eigenvalue weighted by Gasteiger charge is 2.53. The van der Waals surface area contributed by atoms with Crippen LogP contribution in [-0.4, -0.2) is 32.2 Å². The third-order valence-electron chi connectivity index (χ3n) is 7.54. The van der Waals surface area contributed by atoms with Gasteiger partial charge >= 0.3 is 0 Å². The number of carbonyl (C=O) groups excluding carboxylic acids is 1. The molecule has 4 fully saturated rings. The molecule has 31 heavy (non-hydrogen) atoms. The average molecular weight is 424 g/mol.